The zero-order chi connectivity index (χ0) is 18.4. The summed E-state index contributed by atoms with van der Waals surface area (Å²) in [4.78, 5) is 0. The van der Waals surface area contributed by atoms with Crippen LogP contribution in [0.1, 0.15) is 11.1 Å². The Kier molecular flexibility index (Phi) is 3.90. The summed E-state index contributed by atoms with van der Waals surface area (Å²) in [6.45, 7) is 0. The molecule has 4 aromatic rings. The monoisotopic (exact) mass is 370 g/mol. The first-order valence-electron chi connectivity index (χ1n) is 9.37. The Labute approximate surface area is 160 Å². The second kappa shape index (κ2) is 6.31. The maximum absolute atomic E-state index is 6.06. The van der Waals surface area contributed by atoms with Gasteiger partial charge in [-0.1, -0.05) is 72.8 Å². The summed E-state index contributed by atoms with van der Waals surface area (Å²) in [6, 6.07) is 28.1. The van der Waals surface area contributed by atoms with E-state index in [0.717, 1.165) is 12.1 Å². The van der Waals surface area contributed by atoms with Gasteiger partial charge in [-0.05, 0) is 43.8 Å². The van der Waals surface area contributed by atoms with Crippen LogP contribution in [0.15, 0.2) is 72.8 Å². The molecule has 0 unspecified atom stereocenters. The average molecular weight is 371 g/mol. The predicted octanol–water partition coefficient (Wildman–Crippen LogP) is 5.57. The average Bonchev–Trinajstić information content (AvgIpc) is 2.88. The molecule has 0 radical (unpaired) electrons. The first-order chi connectivity index (χ1) is 13.2. The Balaban J connectivity index is 1.96. The van der Waals surface area contributed by atoms with E-state index in [1.165, 1.54) is 43.8 Å². The molecule has 0 aromatic heterocycles. The molecule has 2 nitrogen and oxygen atoms in total. The van der Waals surface area contributed by atoms with Gasteiger partial charge in [0.05, 0.1) is 0 Å². The lowest BCUT2D eigenvalue weighted by molar-refractivity contribution is 0.240. The predicted molar refractivity (Wildman–Crippen MR) is 114 cm³/mol. The van der Waals surface area contributed by atoms with E-state index in [1.807, 2.05) is 14.2 Å². The molecule has 0 bridgehead atoms. The quantitative estimate of drug-likeness (QED) is 0.429. The second-order valence-electron chi connectivity index (χ2n) is 7.31. The van der Waals surface area contributed by atoms with Crippen LogP contribution in [0.4, 0.5) is 0 Å². The van der Waals surface area contributed by atoms with Gasteiger partial charge in [0.15, 0.2) is 0 Å². The third-order valence-corrected chi connectivity index (χ3v) is 9.27. The summed E-state index contributed by atoms with van der Waals surface area (Å²) in [5, 5.41) is 5.17. The first kappa shape index (κ1) is 16.7. The van der Waals surface area contributed by atoms with E-state index in [4.69, 9.17) is 8.85 Å². The molecule has 4 aromatic carbocycles. The van der Waals surface area contributed by atoms with Crippen molar-refractivity contribution in [1.82, 2.24) is 0 Å². The van der Waals surface area contributed by atoms with Gasteiger partial charge in [-0.3, -0.25) is 0 Å². The summed E-state index contributed by atoms with van der Waals surface area (Å²) in [7, 11) is 1.26. The van der Waals surface area contributed by atoms with Crippen molar-refractivity contribution in [3.8, 4) is 11.1 Å². The van der Waals surface area contributed by atoms with E-state index in [1.54, 1.807) is 0 Å². The van der Waals surface area contributed by atoms with Crippen LogP contribution in [-0.2, 0) is 20.9 Å². The van der Waals surface area contributed by atoms with Gasteiger partial charge in [0.2, 0.25) is 0 Å². The lowest BCUT2D eigenvalue weighted by Gasteiger charge is -2.26. The van der Waals surface area contributed by atoms with Gasteiger partial charge in [0.1, 0.15) is 0 Å². The van der Waals surface area contributed by atoms with Crippen molar-refractivity contribution in [2.45, 2.75) is 12.1 Å². The van der Waals surface area contributed by atoms with Crippen LogP contribution < -0.4 is 0 Å². The maximum Gasteiger partial charge on any atom is 0.346 e. The lowest BCUT2D eigenvalue weighted by atomic mass is 9.88. The van der Waals surface area contributed by atoms with Crippen LogP contribution in [0.5, 0.6) is 0 Å². The van der Waals surface area contributed by atoms with Crippen molar-refractivity contribution < 1.29 is 8.85 Å². The summed E-state index contributed by atoms with van der Waals surface area (Å²) >= 11 is 0. The summed E-state index contributed by atoms with van der Waals surface area (Å²) in [6.07, 6.45) is 0. The van der Waals surface area contributed by atoms with Crippen molar-refractivity contribution in [2.24, 2.45) is 0 Å². The smallest absolute Gasteiger partial charge is 0.346 e. The second-order valence-corrected chi connectivity index (χ2v) is 10.7. The van der Waals surface area contributed by atoms with E-state index in [9.17, 15) is 0 Å². The molecule has 5 rings (SSSR count). The number of benzene rings is 4. The molecule has 134 valence electrons. The minimum absolute atomic E-state index is 0.864. The molecule has 0 N–H and O–H groups in total. The SMILES string of the molecule is CO[Si]1(OC)Cc2ccc3ccccc3c2-c2c(ccc3ccccc23)C1. The molecule has 0 saturated carbocycles. The molecular weight excluding hydrogens is 348 g/mol. The zero-order valence-corrected chi connectivity index (χ0v) is 16.7. The molecule has 0 atom stereocenters. The van der Waals surface area contributed by atoms with Gasteiger partial charge in [0.25, 0.3) is 0 Å². The normalized spacial score (nSPS) is 15.3. The summed E-state index contributed by atoms with van der Waals surface area (Å²) in [5.41, 5.74) is 5.37. The van der Waals surface area contributed by atoms with Gasteiger partial charge >= 0.3 is 8.56 Å². The highest BCUT2D eigenvalue weighted by atomic mass is 28.4. The van der Waals surface area contributed by atoms with Crippen molar-refractivity contribution in [3.63, 3.8) is 0 Å². The van der Waals surface area contributed by atoms with Crippen LogP contribution in [0.25, 0.3) is 32.7 Å². The van der Waals surface area contributed by atoms with E-state index in [2.05, 4.69) is 72.8 Å². The maximum atomic E-state index is 6.06. The van der Waals surface area contributed by atoms with E-state index in [-0.39, 0.29) is 0 Å². The molecule has 0 spiro atoms. The topological polar surface area (TPSA) is 18.5 Å². The van der Waals surface area contributed by atoms with Crippen molar-refractivity contribution in [2.75, 3.05) is 14.2 Å². The fraction of sp³-hybridized carbons (Fsp3) is 0.167. The molecular formula is C24H22O2Si. The number of fused-ring (bicyclic) bond motifs is 7. The minimum atomic E-state index is -2.36. The Morgan fingerprint density at radius 1 is 0.593 bits per heavy atom. The fourth-order valence-electron chi connectivity index (χ4n) is 4.53. The van der Waals surface area contributed by atoms with Gasteiger partial charge in [-0.15, -0.1) is 0 Å². The highest BCUT2D eigenvalue weighted by Crippen LogP contribution is 2.43. The molecule has 1 aliphatic rings. The van der Waals surface area contributed by atoms with Crippen LogP contribution in [0.2, 0.25) is 0 Å². The van der Waals surface area contributed by atoms with E-state index in [0.29, 0.717) is 0 Å². The third-order valence-electron chi connectivity index (χ3n) is 5.94. The summed E-state index contributed by atoms with van der Waals surface area (Å²) in [5.74, 6) is 0. The van der Waals surface area contributed by atoms with E-state index >= 15 is 0 Å². The van der Waals surface area contributed by atoms with Crippen molar-refractivity contribution in [1.29, 1.82) is 0 Å². The number of rotatable bonds is 2. The highest BCUT2D eigenvalue weighted by Gasteiger charge is 2.40. The van der Waals surface area contributed by atoms with Crippen LogP contribution in [0, 0.1) is 0 Å². The Hall–Kier alpha value is -2.46. The standard InChI is InChI=1S/C24H22O2Si/c1-25-27(26-2)15-19-13-11-17-7-3-5-9-21(17)23(19)24-20(16-27)14-12-18-8-4-6-10-22(18)24/h3-14H,15-16H2,1-2H3. The largest absolute Gasteiger partial charge is 0.397 e. The molecule has 3 heteroatoms. The molecule has 0 saturated heterocycles. The zero-order valence-electron chi connectivity index (χ0n) is 15.7. The molecule has 1 aliphatic heterocycles. The third kappa shape index (κ3) is 2.54. The molecule has 0 amide bonds. The summed E-state index contributed by atoms with van der Waals surface area (Å²) < 4.78 is 12.1. The minimum Gasteiger partial charge on any atom is -0.397 e. The Morgan fingerprint density at radius 2 is 1.04 bits per heavy atom. The highest BCUT2D eigenvalue weighted by molar-refractivity contribution is 6.66. The fourth-order valence-corrected chi connectivity index (χ4v) is 7.15. The number of hydrogen-bond donors (Lipinski definition) is 0. The van der Waals surface area contributed by atoms with Crippen LogP contribution >= 0.6 is 0 Å². The van der Waals surface area contributed by atoms with E-state index < -0.39 is 8.56 Å². The van der Waals surface area contributed by atoms with Gasteiger partial charge in [0, 0.05) is 26.3 Å². The van der Waals surface area contributed by atoms with Gasteiger partial charge in [-0.25, -0.2) is 0 Å². The molecule has 0 aliphatic carbocycles. The van der Waals surface area contributed by atoms with Gasteiger partial charge in [-0.2, -0.15) is 0 Å². The molecule has 1 heterocycles. The van der Waals surface area contributed by atoms with Crippen LogP contribution in [0.3, 0.4) is 0 Å². The van der Waals surface area contributed by atoms with Crippen molar-refractivity contribution in [3.05, 3.63) is 83.9 Å². The Morgan fingerprint density at radius 3 is 1.48 bits per heavy atom. The number of hydrogen-bond acceptors (Lipinski definition) is 2. The lowest BCUT2D eigenvalue weighted by Crippen LogP contribution is -2.45. The van der Waals surface area contributed by atoms with Gasteiger partial charge < -0.3 is 8.85 Å². The first-order valence-corrected chi connectivity index (χ1v) is 11.6. The molecule has 0 fully saturated rings. The molecule has 27 heavy (non-hydrogen) atoms. The van der Waals surface area contributed by atoms with Crippen molar-refractivity contribution >= 4 is 30.1 Å². The van der Waals surface area contributed by atoms with Crippen LogP contribution in [-0.4, -0.2) is 22.8 Å². The Bertz CT molecular complexity index is 1070.